The molecule has 1 saturated carbocycles. The van der Waals surface area contributed by atoms with Gasteiger partial charge in [-0.3, -0.25) is 0 Å². The van der Waals surface area contributed by atoms with Crippen molar-refractivity contribution in [2.24, 2.45) is 0 Å². The standard InChI is InChI=1S/C13H19NO2/c15-9-12-4-2-11(3-5-12)8-14-13(10-16)6-1-7-13/h2-5,14-16H,1,6-10H2. The van der Waals surface area contributed by atoms with Gasteiger partial charge in [0.2, 0.25) is 0 Å². The third kappa shape index (κ3) is 2.43. The number of rotatable bonds is 5. The summed E-state index contributed by atoms with van der Waals surface area (Å²) in [5.74, 6) is 0. The summed E-state index contributed by atoms with van der Waals surface area (Å²) in [5, 5.41) is 21.6. The van der Waals surface area contributed by atoms with E-state index in [-0.39, 0.29) is 18.8 Å². The first kappa shape index (κ1) is 11.6. The first-order chi connectivity index (χ1) is 7.78. The SMILES string of the molecule is OCc1ccc(CNC2(CO)CCC2)cc1. The molecule has 3 N–H and O–H groups in total. The molecule has 3 nitrogen and oxygen atoms in total. The molecule has 16 heavy (non-hydrogen) atoms. The van der Waals surface area contributed by atoms with Crippen LogP contribution in [-0.4, -0.2) is 22.4 Å². The first-order valence-corrected chi connectivity index (χ1v) is 5.83. The highest BCUT2D eigenvalue weighted by Crippen LogP contribution is 2.31. The molecule has 0 radical (unpaired) electrons. The molecule has 0 atom stereocenters. The summed E-state index contributed by atoms with van der Waals surface area (Å²) in [7, 11) is 0. The lowest BCUT2D eigenvalue weighted by Crippen LogP contribution is -2.53. The van der Waals surface area contributed by atoms with Gasteiger partial charge in [0.15, 0.2) is 0 Å². The minimum atomic E-state index is -0.0321. The lowest BCUT2D eigenvalue weighted by molar-refractivity contribution is 0.0872. The minimum absolute atomic E-state index is 0.0321. The van der Waals surface area contributed by atoms with Crippen LogP contribution >= 0.6 is 0 Å². The summed E-state index contributed by atoms with van der Waals surface area (Å²) in [6, 6.07) is 7.90. The van der Waals surface area contributed by atoms with Crippen LogP contribution in [0.15, 0.2) is 24.3 Å². The molecule has 0 bridgehead atoms. The fraction of sp³-hybridized carbons (Fsp3) is 0.538. The van der Waals surface area contributed by atoms with Crippen LogP contribution in [0.5, 0.6) is 0 Å². The zero-order valence-corrected chi connectivity index (χ0v) is 9.45. The number of hydrogen-bond donors (Lipinski definition) is 3. The molecule has 0 amide bonds. The molecule has 1 aliphatic rings. The summed E-state index contributed by atoms with van der Waals surface area (Å²) < 4.78 is 0. The van der Waals surface area contributed by atoms with E-state index in [2.05, 4.69) is 5.32 Å². The van der Waals surface area contributed by atoms with Gasteiger partial charge in [0.25, 0.3) is 0 Å². The van der Waals surface area contributed by atoms with Gasteiger partial charge in [-0.15, -0.1) is 0 Å². The average molecular weight is 221 g/mol. The number of aliphatic hydroxyl groups excluding tert-OH is 2. The molecule has 1 fully saturated rings. The average Bonchev–Trinajstić information content (AvgIpc) is 2.29. The van der Waals surface area contributed by atoms with E-state index in [1.165, 1.54) is 12.0 Å². The summed E-state index contributed by atoms with van der Waals surface area (Å²) in [6.07, 6.45) is 3.34. The molecule has 0 aromatic heterocycles. The molecule has 88 valence electrons. The number of aliphatic hydroxyl groups is 2. The fourth-order valence-corrected chi connectivity index (χ4v) is 2.05. The fourth-order valence-electron chi connectivity index (χ4n) is 2.05. The van der Waals surface area contributed by atoms with Gasteiger partial charge in [-0.25, -0.2) is 0 Å². The van der Waals surface area contributed by atoms with Gasteiger partial charge in [-0.2, -0.15) is 0 Å². The molecule has 1 aliphatic carbocycles. The summed E-state index contributed by atoms with van der Waals surface area (Å²) in [6.45, 7) is 1.10. The van der Waals surface area contributed by atoms with E-state index < -0.39 is 0 Å². The molecule has 0 heterocycles. The van der Waals surface area contributed by atoms with Gasteiger partial charge in [0.1, 0.15) is 0 Å². The third-order valence-corrected chi connectivity index (χ3v) is 3.49. The maximum atomic E-state index is 9.30. The number of nitrogens with one attached hydrogen (secondary N) is 1. The van der Waals surface area contributed by atoms with Crippen molar-refractivity contribution in [3.8, 4) is 0 Å². The molecule has 1 aromatic carbocycles. The smallest absolute Gasteiger partial charge is 0.0681 e. The van der Waals surface area contributed by atoms with E-state index in [0.29, 0.717) is 0 Å². The van der Waals surface area contributed by atoms with Crippen molar-refractivity contribution in [1.82, 2.24) is 5.32 Å². The van der Waals surface area contributed by atoms with Gasteiger partial charge in [-0.1, -0.05) is 24.3 Å². The van der Waals surface area contributed by atoms with Crippen LogP contribution in [0.3, 0.4) is 0 Å². The Bertz CT molecular complexity index is 325. The second kappa shape index (κ2) is 4.95. The van der Waals surface area contributed by atoms with Gasteiger partial charge in [-0.05, 0) is 30.4 Å². The summed E-state index contributed by atoms with van der Waals surface area (Å²) in [4.78, 5) is 0. The highest BCUT2D eigenvalue weighted by molar-refractivity contribution is 5.22. The van der Waals surface area contributed by atoms with Crippen LogP contribution in [0.1, 0.15) is 30.4 Å². The van der Waals surface area contributed by atoms with Gasteiger partial charge in [0.05, 0.1) is 13.2 Å². The Kier molecular flexibility index (Phi) is 3.59. The molecule has 3 heteroatoms. The molecule has 0 spiro atoms. The maximum absolute atomic E-state index is 9.30. The second-order valence-corrected chi connectivity index (χ2v) is 4.62. The van der Waals surface area contributed by atoms with Gasteiger partial charge in [0, 0.05) is 12.1 Å². The molecule has 1 aromatic rings. The Hall–Kier alpha value is -0.900. The predicted molar refractivity (Wildman–Crippen MR) is 62.9 cm³/mol. The van der Waals surface area contributed by atoms with E-state index in [1.54, 1.807) is 0 Å². The maximum Gasteiger partial charge on any atom is 0.0681 e. The van der Waals surface area contributed by atoms with E-state index in [0.717, 1.165) is 24.9 Å². The minimum Gasteiger partial charge on any atom is -0.394 e. The van der Waals surface area contributed by atoms with Crippen LogP contribution in [-0.2, 0) is 13.2 Å². The van der Waals surface area contributed by atoms with Crippen molar-refractivity contribution in [1.29, 1.82) is 0 Å². The van der Waals surface area contributed by atoms with Crippen molar-refractivity contribution in [2.45, 2.75) is 38.0 Å². The Labute approximate surface area is 96.1 Å². The lowest BCUT2D eigenvalue weighted by Gasteiger charge is -2.41. The first-order valence-electron chi connectivity index (χ1n) is 5.83. The molecular weight excluding hydrogens is 202 g/mol. The van der Waals surface area contributed by atoms with Gasteiger partial charge < -0.3 is 15.5 Å². The Balaban J connectivity index is 1.89. The highest BCUT2D eigenvalue weighted by atomic mass is 16.3. The summed E-state index contributed by atoms with van der Waals surface area (Å²) in [5.41, 5.74) is 2.09. The van der Waals surface area contributed by atoms with Crippen molar-refractivity contribution in [3.63, 3.8) is 0 Å². The van der Waals surface area contributed by atoms with E-state index >= 15 is 0 Å². The van der Waals surface area contributed by atoms with E-state index in [1.807, 2.05) is 24.3 Å². The lowest BCUT2D eigenvalue weighted by atomic mass is 9.77. The molecule has 2 rings (SSSR count). The van der Waals surface area contributed by atoms with Gasteiger partial charge >= 0.3 is 0 Å². The highest BCUT2D eigenvalue weighted by Gasteiger charge is 2.35. The predicted octanol–water partition coefficient (Wildman–Crippen LogP) is 1.18. The van der Waals surface area contributed by atoms with Crippen LogP contribution in [0, 0.1) is 0 Å². The van der Waals surface area contributed by atoms with Crippen molar-refractivity contribution < 1.29 is 10.2 Å². The van der Waals surface area contributed by atoms with Crippen molar-refractivity contribution >= 4 is 0 Å². The summed E-state index contributed by atoms with van der Waals surface area (Å²) >= 11 is 0. The Morgan fingerprint density at radius 2 is 1.69 bits per heavy atom. The molecule has 0 aliphatic heterocycles. The second-order valence-electron chi connectivity index (χ2n) is 4.62. The van der Waals surface area contributed by atoms with Crippen LogP contribution in [0.2, 0.25) is 0 Å². The normalized spacial score (nSPS) is 18.1. The number of hydrogen-bond acceptors (Lipinski definition) is 3. The largest absolute Gasteiger partial charge is 0.394 e. The van der Waals surface area contributed by atoms with Crippen LogP contribution in [0.4, 0.5) is 0 Å². The van der Waals surface area contributed by atoms with E-state index in [4.69, 9.17) is 5.11 Å². The topological polar surface area (TPSA) is 52.5 Å². The van der Waals surface area contributed by atoms with E-state index in [9.17, 15) is 5.11 Å². The monoisotopic (exact) mass is 221 g/mol. The Morgan fingerprint density at radius 1 is 1.06 bits per heavy atom. The zero-order valence-electron chi connectivity index (χ0n) is 9.45. The van der Waals surface area contributed by atoms with Crippen molar-refractivity contribution in [3.05, 3.63) is 35.4 Å². The Morgan fingerprint density at radius 3 is 2.12 bits per heavy atom. The quantitative estimate of drug-likeness (QED) is 0.700. The third-order valence-electron chi connectivity index (χ3n) is 3.49. The number of benzene rings is 1. The zero-order chi connectivity index (χ0) is 11.4. The van der Waals surface area contributed by atoms with Crippen molar-refractivity contribution in [2.75, 3.05) is 6.61 Å². The molecule has 0 unspecified atom stereocenters. The molecule has 0 saturated heterocycles. The van der Waals surface area contributed by atoms with Crippen LogP contribution < -0.4 is 5.32 Å². The molecular formula is C13H19NO2. The van der Waals surface area contributed by atoms with Crippen LogP contribution in [0.25, 0.3) is 0 Å².